The molecule has 0 aromatic carbocycles. The van der Waals surface area contributed by atoms with Crippen molar-refractivity contribution in [2.24, 2.45) is 0 Å². The Morgan fingerprint density at radius 3 is 3.06 bits per heavy atom. The van der Waals surface area contributed by atoms with Gasteiger partial charge in [0.15, 0.2) is 0 Å². The fraction of sp³-hybridized carbons (Fsp3) is 0.667. The molecule has 2 heterocycles. The molecule has 0 spiro atoms. The molecular weight excluding hydrogens is 222 g/mol. The molecule has 0 saturated carbocycles. The number of rotatable bonds is 7. The molecular formula is C15H25N3. The van der Waals surface area contributed by atoms with E-state index in [1.54, 1.807) is 0 Å². The SMILES string of the molecule is CN(CCCC1CCCN1)CCc1ccccn1. The van der Waals surface area contributed by atoms with Crippen LogP contribution in [0.1, 0.15) is 31.4 Å². The van der Waals surface area contributed by atoms with E-state index in [1.165, 1.54) is 44.5 Å². The van der Waals surface area contributed by atoms with Crippen LogP contribution in [0, 0.1) is 0 Å². The Kier molecular flexibility index (Phi) is 5.62. The van der Waals surface area contributed by atoms with Crippen molar-refractivity contribution < 1.29 is 0 Å². The molecule has 0 aliphatic carbocycles. The number of nitrogens with one attached hydrogen (secondary N) is 1. The maximum absolute atomic E-state index is 4.36. The lowest BCUT2D eigenvalue weighted by Gasteiger charge is -2.17. The highest BCUT2D eigenvalue weighted by Gasteiger charge is 2.13. The predicted molar refractivity (Wildman–Crippen MR) is 75.7 cm³/mol. The average Bonchev–Trinajstić information content (AvgIpc) is 2.91. The molecule has 1 aliphatic heterocycles. The van der Waals surface area contributed by atoms with Crippen LogP contribution in [0.5, 0.6) is 0 Å². The Morgan fingerprint density at radius 1 is 1.39 bits per heavy atom. The van der Waals surface area contributed by atoms with Gasteiger partial charge in [-0.15, -0.1) is 0 Å². The van der Waals surface area contributed by atoms with Crippen LogP contribution in [0.3, 0.4) is 0 Å². The van der Waals surface area contributed by atoms with E-state index in [2.05, 4.69) is 34.4 Å². The van der Waals surface area contributed by atoms with Crippen LogP contribution in [0.25, 0.3) is 0 Å². The highest BCUT2D eigenvalue weighted by molar-refractivity contribution is 5.03. The Hall–Kier alpha value is -0.930. The summed E-state index contributed by atoms with van der Waals surface area (Å²) in [4.78, 5) is 6.78. The summed E-state index contributed by atoms with van der Waals surface area (Å²) in [6, 6.07) is 6.93. The van der Waals surface area contributed by atoms with E-state index >= 15 is 0 Å². The maximum atomic E-state index is 4.36. The first kappa shape index (κ1) is 13.5. The van der Waals surface area contributed by atoms with Crippen molar-refractivity contribution >= 4 is 0 Å². The van der Waals surface area contributed by atoms with Crippen LogP contribution in [0.4, 0.5) is 0 Å². The van der Waals surface area contributed by atoms with Gasteiger partial charge in [-0.3, -0.25) is 4.98 Å². The monoisotopic (exact) mass is 247 g/mol. The molecule has 0 bridgehead atoms. The van der Waals surface area contributed by atoms with Gasteiger partial charge in [0.2, 0.25) is 0 Å². The third kappa shape index (κ3) is 4.75. The first-order valence-electron chi connectivity index (χ1n) is 7.16. The van der Waals surface area contributed by atoms with E-state index in [-0.39, 0.29) is 0 Å². The number of pyridine rings is 1. The molecule has 1 saturated heterocycles. The van der Waals surface area contributed by atoms with Crippen molar-refractivity contribution in [1.29, 1.82) is 0 Å². The Labute approximate surface area is 111 Å². The summed E-state index contributed by atoms with van der Waals surface area (Å²) in [5, 5.41) is 3.56. The minimum Gasteiger partial charge on any atom is -0.314 e. The summed E-state index contributed by atoms with van der Waals surface area (Å²) in [7, 11) is 2.21. The second-order valence-electron chi connectivity index (χ2n) is 5.31. The molecule has 1 aliphatic rings. The van der Waals surface area contributed by atoms with Crippen molar-refractivity contribution in [3.63, 3.8) is 0 Å². The minimum atomic E-state index is 0.786. The van der Waals surface area contributed by atoms with Crippen molar-refractivity contribution in [2.45, 2.75) is 38.1 Å². The summed E-state index contributed by atoms with van der Waals surface area (Å²) in [5.41, 5.74) is 1.20. The summed E-state index contributed by atoms with van der Waals surface area (Å²) < 4.78 is 0. The molecule has 1 aromatic rings. The maximum Gasteiger partial charge on any atom is 0.0416 e. The number of hydrogen-bond acceptors (Lipinski definition) is 3. The zero-order chi connectivity index (χ0) is 12.6. The molecule has 1 aromatic heterocycles. The topological polar surface area (TPSA) is 28.2 Å². The van der Waals surface area contributed by atoms with Gasteiger partial charge in [0.25, 0.3) is 0 Å². The van der Waals surface area contributed by atoms with Crippen molar-refractivity contribution in [3.05, 3.63) is 30.1 Å². The van der Waals surface area contributed by atoms with Gasteiger partial charge in [-0.1, -0.05) is 6.07 Å². The quantitative estimate of drug-likeness (QED) is 0.799. The molecule has 3 heteroatoms. The molecule has 3 nitrogen and oxygen atoms in total. The molecule has 1 N–H and O–H groups in total. The molecule has 100 valence electrons. The Morgan fingerprint density at radius 2 is 2.33 bits per heavy atom. The van der Waals surface area contributed by atoms with Gasteiger partial charge >= 0.3 is 0 Å². The Balaban J connectivity index is 1.56. The second-order valence-corrected chi connectivity index (χ2v) is 5.31. The number of likely N-dealkylation sites (N-methyl/N-ethyl adjacent to an activating group) is 1. The molecule has 2 rings (SSSR count). The van der Waals surface area contributed by atoms with E-state index in [4.69, 9.17) is 0 Å². The van der Waals surface area contributed by atoms with E-state index in [0.717, 1.165) is 19.0 Å². The standard InChI is InChI=1S/C15H25N3/c1-18(12-5-8-14-7-4-11-17-14)13-9-15-6-2-3-10-16-15/h2-3,6,10,14,17H,4-5,7-9,11-13H2,1H3. The molecule has 1 fully saturated rings. The van der Waals surface area contributed by atoms with Crippen molar-refractivity contribution in [2.75, 3.05) is 26.7 Å². The minimum absolute atomic E-state index is 0.786. The van der Waals surface area contributed by atoms with Crippen LogP contribution in [-0.2, 0) is 6.42 Å². The number of nitrogens with zero attached hydrogens (tertiary/aromatic N) is 2. The number of aromatic nitrogens is 1. The zero-order valence-electron chi connectivity index (χ0n) is 11.4. The van der Waals surface area contributed by atoms with Crippen LogP contribution >= 0.6 is 0 Å². The molecule has 0 radical (unpaired) electrons. The van der Waals surface area contributed by atoms with E-state index in [1.807, 2.05) is 12.3 Å². The lowest BCUT2D eigenvalue weighted by molar-refractivity contribution is 0.321. The van der Waals surface area contributed by atoms with Gasteiger partial charge in [-0.05, 0) is 58.0 Å². The van der Waals surface area contributed by atoms with Gasteiger partial charge in [-0.2, -0.15) is 0 Å². The third-order valence-electron chi connectivity index (χ3n) is 3.73. The summed E-state index contributed by atoms with van der Waals surface area (Å²) in [6.07, 6.45) is 8.29. The second kappa shape index (κ2) is 7.49. The first-order chi connectivity index (χ1) is 8.84. The fourth-order valence-corrected chi connectivity index (χ4v) is 2.57. The summed E-state index contributed by atoms with van der Waals surface area (Å²) in [5.74, 6) is 0. The third-order valence-corrected chi connectivity index (χ3v) is 3.73. The van der Waals surface area contributed by atoms with Gasteiger partial charge in [-0.25, -0.2) is 0 Å². The van der Waals surface area contributed by atoms with Gasteiger partial charge in [0, 0.05) is 30.9 Å². The van der Waals surface area contributed by atoms with Gasteiger partial charge in [0.05, 0.1) is 0 Å². The highest BCUT2D eigenvalue weighted by Crippen LogP contribution is 2.10. The smallest absolute Gasteiger partial charge is 0.0416 e. The van der Waals surface area contributed by atoms with Crippen LogP contribution in [0.2, 0.25) is 0 Å². The Bertz CT molecular complexity index is 320. The summed E-state index contributed by atoms with van der Waals surface area (Å²) in [6.45, 7) is 3.53. The predicted octanol–water partition coefficient (Wildman–Crippen LogP) is 2.09. The van der Waals surface area contributed by atoms with Crippen molar-refractivity contribution in [3.8, 4) is 0 Å². The average molecular weight is 247 g/mol. The van der Waals surface area contributed by atoms with Gasteiger partial charge < -0.3 is 10.2 Å². The largest absolute Gasteiger partial charge is 0.314 e. The molecule has 18 heavy (non-hydrogen) atoms. The van der Waals surface area contributed by atoms with Crippen LogP contribution in [-0.4, -0.2) is 42.6 Å². The van der Waals surface area contributed by atoms with E-state index in [0.29, 0.717) is 0 Å². The van der Waals surface area contributed by atoms with Gasteiger partial charge in [0.1, 0.15) is 0 Å². The van der Waals surface area contributed by atoms with Crippen LogP contribution < -0.4 is 5.32 Å². The van der Waals surface area contributed by atoms with Crippen LogP contribution in [0.15, 0.2) is 24.4 Å². The lowest BCUT2D eigenvalue weighted by atomic mass is 10.1. The fourth-order valence-electron chi connectivity index (χ4n) is 2.57. The van der Waals surface area contributed by atoms with E-state index in [9.17, 15) is 0 Å². The zero-order valence-corrected chi connectivity index (χ0v) is 11.4. The van der Waals surface area contributed by atoms with Crippen molar-refractivity contribution in [1.82, 2.24) is 15.2 Å². The highest BCUT2D eigenvalue weighted by atomic mass is 15.1. The first-order valence-corrected chi connectivity index (χ1v) is 7.16. The molecule has 1 unspecified atom stereocenters. The lowest BCUT2D eigenvalue weighted by Crippen LogP contribution is -2.26. The number of hydrogen-bond donors (Lipinski definition) is 1. The normalized spacial score (nSPS) is 19.6. The summed E-state index contributed by atoms with van der Waals surface area (Å²) >= 11 is 0. The van der Waals surface area contributed by atoms with E-state index < -0.39 is 0 Å². The molecule has 0 amide bonds. The molecule has 1 atom stereocenters.